The number of nitrogens with zero attached hydrogens (tertiary/aromatic N) is 4. The van der Waals surface area contributed by atoms with Crippen molar-refractivity contribution in [3.8, 4) is 0 Å². The van der Waals surface area contributed by atoms with E-state index in [9.17, 15) is 9.59 Å². The first kappa shape index (κ1) is 17.9. The van der Waals surface area contributed by atoms with Gasteiger partial charge in [0.25, 0.3) is 0 Å². The van der Waals surface area contributed by atoms with Crippen molar-refractivity contribution in [2.75, 3.05) is 11.6 Å². The number of carboxylic acid groups (broad SMARTS) is 2. The molecule has 2 aromatic rings. The van der Waals surface area contributed by atoms with Crippen LogP contribution in [0.3, 0.4) is 0 Å². The lowest BCUT2D eigenvalue weighted by molar-refractivity contribution is -0.134. The molecule has 2 aromatic heterocycles. The lowest BCUT2D eigenvalue weighted by Crippen LogP contribution is -2.30. The normalized spacial score (nSPS) is 9.96. The average Bonchev–Trinajstić information content (AvgIpc) is 3.06. The molecule has 23 heavy (non-hydrogen) atoms. The van der Waals surface area contributed by atoms with Gasteiger partial charge in [0.05, 0.1) is 11.9 Å². The molecule has 8 nitrogen and oxygen atoms in total. The Hall–Kier alpha value is -3.16. The largest absolute Gasteiger partial charge is 0.478 e. The minimum absolute atomic E-state index is 0.558. The molecule has 0 saturated heterocycles. The number of hydrogen-bond acceptors (Lipinski definition) is 5. The Morgan fingerprint density at radius 2 is 1.78 bits per heavy atom. The van der Waals surface area contributed by atoms with Gasteiger partial charge in [-0.05, 0) is 24.6 Å². The monoisotopic (exact) mass is 318 g/mol. The van der Waals surface area contributed by atoms with Crippen molar-refractivity contribution in [1.29, 1.82) is 0 Å². The molecule has 0 spiro atoms. The Morgan fingerprint density at radius 3 is 2.22 bits per heavy atom. The number of carbonyl (C=O) groups is 2. The zero-order chi connectivity index (χ0) is 17.1. The van der Waals surface area contributed by atoms with E-state index in [1.165, 1.54) is 0 Å². The molecule has 0 atom stereocenters. The Morgan fingerprint density at radius 1 is 1.17 bits per heavy atom. The lowest BCUT2D eigenvalue weighted by atomic mass is 10.3. The highest BCUT2D eigenvalue weighted by atomic mass is 16.4. The SMILES string of the molecule is CCCN(c1ccncc1)n1cccn1.O=C(O)C=CC(=O)O. The number of carboxylic acids is 2. The van der Waals surface area contributed by atoms with Crippen LogP contribution in [0.4, 0.5) is 5.69 Å². The lowest BCUT2D eigenvalue weighted by Gasteiger charge is -2.23. The Balaban J connectivity index is 0.000000284. The topological polar surface area (TPSA) is 109 Å². The second-order valence-corrected chi connectivity index (χ2v) is 4.26. The number of anilines is 1. The van der Waals surface area contributed by atoms with E-state index in [0.29, 0.717) is 12.2 Å². The van der Waals surface area contributed by atoms with Gasteiger partial charge in [0.2, 0.25) is 0 Å². The molecule has 2 heterocycles. The zero-order valence-corrected chi connectivity index (χ0v) is 12.6. The standard InChI is InChI=1S/C11H14N4.C4H4O4/c1-2-9-14(15-10-3-6-13-15)11-4-7-12-8-5-11;5-3(6)1-2-4(7)8/h3-8,10H,2,9H2,1H3;1-2H,(H,5,6)(H,7,8). The average molecular weight is 318 g/mol. The fourth-order valence-corrected chi connectivity index (χ4v) is 1.62. The van der Waals surface area contributed by atoms with E-state index < -0.39 is 11.9 Å². The molecule has 0 saturated carbocycles. The molecular formula is C15H18N4O4. The third kappa shape index (κ3) is 6.89. The summed E-state index contributed by atoms with van der Waals surface area (Å²) in [6.07, 6.45) is 9.50. The second-order valence-electron chi connectivity index (χ2n) is 4.26. The van der Waals surface area contributed by atoms with Crippen LogP contribution in [-0.2, 0) is 9.59 Å². The van der Waals surface area contributed by atoms with Gasteiger partial charge in [0, 0.05) is 37.3 Å². The predicted molar refractivity (Wildman–Crippen MR) is 83.9 cm³/mol. The van der Waals surface area contributed by atoms with Crippen LogP contribution in [0.2, 0.25) is 0 Å². The van der Waals surface area contributed by atoms with Crippen molar-refractivity contribution in [3.63, 3.8) is 0 Å². The smallest absolute Gasteiger partial charge is 0.328 e. The fourth-order valence-electron chi connectivity index (χ4n) is 1.62. The van der Waals surface area contributed by atoms with Crippen molar-refractivity contribution < 1.29 is 19.8 Å². The molecule has 0 aliphatic heterocycles. The minimum Gasteiger partial charge on any atom is -0.478 e. The highest BCUT2D eigenvalue weighted by Gasteiger charge is 2.06. The van der Waals surface area contributed by atoms with Crippen molar-refractivity contribution in [1.82, 2.24) is 14.9 Å². The molecule has 0 aliphatic carbocycles. The van der Waals surface area contributed by atoms with Gasteiger partial charge in [-0.3, -0.25) is 9.99 Å². The second kappa shape index (κ2) is 9.72. The van der Waals surface area contributed by atoms with Crippen LogP contribution in [0.15, 0.2) is 55.1 Å². The van der Waals surface area contributed by atoms with Crippen LogP contribution in [-0.4, -0.2) is 43.6 Å². The van der Waals surface area contributed by atoms with E-state index in [1.54, 1.807) is 18.6 Å². The molecule has 0 amide bonds. The Labute approximate surface area is 133 Å². The van der Waals surface area contributed by atoms with Crippen LogP contribution < -0.4 is 5.01 Å². The first-order valence-corrected chi connectivity index (χ1v) is 6.86. The number of rotatable bonds is 6. The van der Waals surface area contributed by atoms with E-state index in [2.05, 4.69) is 22.0 Å². The van der Waals surface area contributed by atoms with Crippen LogP contribution in [0.1, 0.15) is 13.3 Å². The summed E-state index contributed by atoms with van der Waals surface area (Å²) in [5.74, 6) is -2.51. The minimum atomic E-state index is -1.26. The van der Waals surface area contributed by atoms with E-state index in [0.717, 1.165) is 18.7 Å². The summed E-state index contributed by atoms with van der Waals surface area (Å²) < 4.78 is 0. The summed E-state index contributed by atoms with van der Waals surface area (Å²) in [5, 5.41) is 22.0. The zero-order valence-electron chi connectivity index (χ0n) is 12.6. The number of pyridine rings is 1. The maximum Gasteiger partial charge on any atom is 0.328 e. The van der Waals surface area contributed by atoms with Gasteiger partial charge in [0.15, 0.2) is 0 Å². The van der Waals surface area contributed by atoms with Crippen LogP contribution in [0.25, 0.3) is 0 Å². The third-order valence-electron chi connectivity index (χ3n) is 2.50. The highest BCUT2D eigenvalue weighted by molar-refractivity contribution is 5.89. The third-order valence-corrected chi connectivity index (χ3v) is 2.50. The number of hydrogen-bond donors (Lipinski definition) is 2. The van der Waals surface area contributed by atoms with Crippen molar-refractivity contribution in [2.24, 2.45) is 0 Å². The molecule has 0 fully saturated rings. The number of aliphatic carboxylic acids is 2. The highest BCUT2D eigenvalue weighted by Crippen LogP contribution is 2.12. The summed E-state index contributed by atoms with van der Waals surface area (Å²) >= 11 is 0. The van der Waals surface area contributed by atoms with Gasteiger partial charge >= 0.3 is 11.9 Å². The molecular weight excluding hydrogens is 300 g/mol. The quantitative estimate of drug-likeness (QED) is 0.780. The summed E-state index contributed by atoms with van der Waals surface area (Å²) in [7, 11) is 0. The van der Waals surface area contributed by atoms with Gasteiger partial charge in [-0.2, -0.15) is 9.89 Å². The molecule has 2 N–H and O–H groups in total. The van der Waals surface area contributed by atoms with Gasteiger partial charge in [-0.15, -0.1) is 0 Å². The summed E-state index contributed by atoms with van der Waals surface area (Å²) in [4.78, 5) is 25.0. The van der Waals surface area contributed by atoms with E-state index >= 15 is 0 Å². The molecule has 0 bridgehead atoms. The van der Waals surface area contributed by atoms with Gasteiger partial charge < -0.3 is 10.2 Å². The molecule has 122 valence electrons. The first-order chi connectivity index (χ1) is 11.0. The molecule has 2 rings (SSSR count). The van der Waals surface area contributed by atoms with Crippen molar-refractivity contribution in [3.05, 3.63) is 55.1 Å². The van der Waals surface area contributed by atoms with Gasteiger partial charge in [0.1, 0.15) is 0 Å². The maximum atomic E-state index is 9.55. The van der Waals surface area contributed by atoms with E-state index in [4.69, 9.17) is 10.2 Å². The molecule has 8 heteroatoms. The van der Waals surface area contributed by atoms with Crippen molar-refractivity contribution in [2.45, 2.75) is 13.3 Å². The maximum absolute atomic E-state index is 9.55. The molecule has 0 radical (unpaired) electrons. The predicted octanol–water partition coefficient (Wildman–Crippen LogP) is 1.67. The van der Waals surface area contributed by atoms with Crippen LogP contribution in [0.5, 0.6) is 0 Å². The molecule has 0 aliphatic rings. The van der Waals surface area contributed by atoms with Gasteiger partial charge in [-0.25, -0.2) is 9.59 Å². The Bertz CT molecular complexity index is 610. The van der Waals surface area contributed by atoms with E-state index in [1.807, 2.05) is 29.2 Å². The first-order valence-electron chi connectivity index (χ1n) is 6.86. The Kier molecular flexibility index (Phi) is 7.56. The van der Waals surface area contributed by atoms with Crippen LogP contribution in [0, 0.1) is 0 Å². The summed E-state index contributed by atoms with van der Waals surface area (Å²) in [6.45, 7) is 3.09. The van der Waals surface area contributed by atoms with E-state index in [-0.39, 0.29) is 0 Å². The molecule has 0 aromatic carbocycles. The van der Waals surface area contributed by atoms with Crippen LogP contribution >= 0.6 is 0 Å². The fraction of sp³-hybridized carbons (Fsp3) is 0.200. The van der Waals surface area contributed by atoms with Crippen molar-refractivity contribution >= 4 is 17.6 Å². The number of aromatic nitrogens is 3. The summed E-state index contributed by atoms with van der Waals surface area (Å²) in [5.41, 5.74) is 1.11. The van der Waals surface area contributed by atoms with Gasteiger partial charge in [-0.1, -0.05) is 6.92 Å². The molecule has 0 unspecified atom stereocenters. The summed E-state index contributed by atoms with van der Waals surface area (Å²) in [6, 6.07) is 5.89.